The van der Waals surface area contributed by atoms with Crippen molar-refractivity contribution in [2.45, 2.75) is 25.9 Å². The Kier molecular flexibility index (Phi) is 6.63. The minimum absolute atomic E-state index is 0.0680. The van der Waals surface area contributed by atoms with Crippen LogP contribution in [0.25, 0.3) is 0 Å². The predicted octanol–water partition coefficient (Wildman–Crippen LogP) is 3.07. The Labute approximate surface area is 177 Å². The first-order chi connectivity index (χ1) is 14.3. The van der Waals surface area contributed by atoms with Crippen LogP contribution in [0.3, 0.4) is 0 Å². The third-order valence-corrected chi connectivity index (χ3v) is 5.19. The average molecular weight is 423 g/mol. The van der Waals surface area contributed by atoms with Crippen LogP contribution in [0, 0.1) is 20.8 Å². The molecule has 0 fully saturated rings. The molecule has 3 rings (SSSR count). The van der Waals surface area contributed by atoms with Gasteiger partial charge in [0, 0.05) is 16.9 Å². The topological polar surface area (TPSA) is 117 Å². The number of carbonyl (C=O) groups is 2. The molecule has 9 heteroatoms. The van der Waals surface area contributed by atoms with E-state index in [0.717, 1.165) is 22.9 Å². The van der Waals surface area contributed by atoms with Crippen LogP contribution < -0.4 is 16.2 Å². The highest BCUT2D eigenvalue weighted by Gasteiger charge is 2.11. The third kappa shape index (κ3) is 5.32. The fraction of sp³-hybridized carbons (Fsp3) is 0.190. The van der Waals surface area contributed by atoms with Crippen LogP contribution in [0.2, 0.25) is 0 Å². The molecule has 0 radical (unpaired) electrons. The number of carbonyl (C=O) groups excluding carboxylic acids is 2. The lowest BCUT2D eigenvalue weighted by atomic mass is 10.1. The Hall–Kier alpha value is -3.46. The van der Waals surface area contributed by atoms with Crippen LogP contribution in [0.5, 0.6) is 0 Å². The molecule has 2 amide bonds. The number of aryl methyl sites for hydroxylation is 3. The number of amides is 2. The first-order valence-electron chi connectivity index (χ1n) is 9.17. The molecule has 0 aliphatic carbocycles. The van der Waals surface area contributed by atoms with Gasteiger partial charge >= 0.3 is 0 Å². The summed E-state index contributed by atoms with van der Waals surface area (Å²) in [5, 5.41) is 13.5. The number of thioether (sulfide) groups is 1. The average Bonchev–Trinajstić information content (AvgIpc) is 2.71. The van der Waals surface area contributed by atoms with Gasteiger partial charge in [0.1, 0.15) is 5.69 Å². The summed E-state index contributed by atoms with van der Waals surface area (Å²) in [5.41, 5.74) is 3.55. The fourth-order valence-electron chi connectivity index (χ4n) is 2.67. The normalized spacial score (nSPS) is 10.5. The Morgan fingerprint density at radius 2 is 1.77 bits per heavy atom. The van der Waals surface area contributed by atoms with Gasteiger partial charge in [0.25, 0.3) is 11.5 Å². The van der Waals surface area contributed by atoms with Crippen molar-refractivity contribution in [3.63, 3.8) is 0 Å². The molecule has 0 bridgehead atoms. The molecule has 3 N–H and O–H groups in total. The lowest BCUT2D eigenvalue weighted by Crippen LogP contribution is -2.17. The molecule has 0 aliphatic rings. The summed E-state index contributed by atoms with van der Waals surface area (Å²) in [6.07, 6.45) is 0. The highest BCUT2D eigenvalue weighted by atomic mass is 32.2. The van der Waals surface area contributed by atoms with Crippen molar-refractivity contribution < 1.29 is 9.59 Å². The number of hydrogen-bond acceptors (Lipinski definition) is 6. The number of anilines is 2. The van der Waals surface area contributed by atoms with Crippen LogP contribution in [-0.2, 0) is 4.79 Å². The van der Waals surface area contributed by atoms with Crippen molar-refractivity contribution >= 4 is 35.0 Å². The Morgan fingerprint density at radius 3 is 2.47 bits per heavy atom. The van der Waals surface area contributed by atoms with E-state index in [0.29, 0.717) is 16.9 Å². The molecule has 0 spiro atoms. The van der Waals surface area contributed by atoms with Gasteiger partial charge in [-0.15, -0.1) is 10.2 Å². The Balaban J connectivity index is 1.60. The number of hydrogen-bond donors (Lipinski definition) is 3. The van der Waals surface area contributed by atoms with Crippen molar-refractivity contribution in [1.82, 2.24) is 15.2 Å². The molecule has 3 aromatic rings. The Morgan fingerprint density at radius 1 is 1.00 bits per heavy atom. The van der Waals surface area contributed by atoms with E-state index >= 15 is 0 Å². The smallest absolute Gasteiger partial charge is 0.273 e. The lowest BCUT2D eigenvalue weighted by molar-refractivity contribution is -0.113. The molecule has 8 nitrogen and oxygen atoms in total. The predicted molar refractivity (Wildman–Crippen MR) is 117 cm³/mol. The zero-order valence-corrected chi connectivity index (χ0v) is 17.6. The van der Waals surface area contributed by atoms with E-state index in [-0.39, 0.29) is 34.0 Å². The molecule has 0 unspecified atom stereocenters. The second kappa shape index (κ2) is 9.36. The van der Waals surface area contributed by atoms with E-state index in [4.69, 9.17) is 0 Å². The summed E-state index contributed by atoms with van der Waals surface area (Å²) in [6.45, 7) is 5.29. The van der Waals surface area contributed by atoms with E-state index in [9.17, 15) is 14.4 Å². The van der Waals surface area contributed by atoms with Crippen molar-refractivity contribution in [3.05, 3.63) is 75.2 Å². The van der Waals surface area contributed by atoms with E-state index < -0.39 is 0 Å². The molecule has 154 valence electrons. The number of aromatic nitrogens is 3. The van der Waals surface area contributed by atoms with Crippen molar-refractivity contribution in [3.8, 4) is 0 Å². The zero-order chi connectivity index (χ0) is 21.7. The van der Waals surface area contributed by atoms with Gasteiger partial charge in [0.15, 0.2) is 5.16 Å². The molecular weight excluding hydrogens is 402 g/mol. The number of nitrogens with zero attached hydrogens (tertiary/aromatic N) is 2. The largest absolute Gasteiger partial charge is 0.325 e. The lowest BCUT2D eigenvalue weighted by Gasteiger charge is -2.12. The van der Waals surface area contributed by atoms with E-state index in [1.165, 1.54) is 0 Å². The molecule has 2 aromatic carbocycles. The van der Waals surface area contributed by atoms with Gasteiger partial charge in [-0.3, -0.25) is 19.4 Å². The SMILES string of the molecule is Cc1cc(NC(=O)CSc2nnc(C)c(=O)[nH]2)ccc1NC(=O)c1ccccc1C. The molecule has 0 atom stereocenters. The second-order valence-electron chi connectivity index (χ2n) is 6.68. The summed E-state index contributed by atoms with van der Waals surface area (Å²) < 4.78 is 0. The minimum atomic E-state index is -0.327. The molecular formula is C21H21N5O3S. The molecule has 0 saturated heterocycles. The number of benzene rings is 2. The van der Waals surface area contributed by atoms with Gasteiger partial charge < -0.3 is 10.6 Å². The third-order valence-electron chi connectivity index (χ3n) is 4.33. The maximum absolute atomic E-state index is 12.5. The number of rotatable bonds is 6. The van der Waals surface area contributed by atoms with E-state index in [2.05, 4.69) is 25.8 Å². The molecule has 0 aliphatic heterocycles. The van der Waals surface area contributed by atoms with Crippen LogP contribution in [0.4, 0.5) is 11.4 Å². The number of nitrogens with one attached hydrogen (secondary N) is 3. The van der Waals surface area contributed by atoms with Crippen LogP contribution in [-0.4, -0.2) is 32.7 Å². The highest BCUT2D eigenvalue weighted by molar-refractivity contribution is 7.99. The quantitative estimate of drug-likeness (QED) is 0.525. The van der Waals surface area contributed by atoms with Crippen molar-refractivity contribution in [2.75, 3.05) is 16.4 Å². The number of aromatic amines is 1. The van der Waals surface area contributed by atoms with Gasteiger partial charge in [0.2, 0.25) is 5.91 Å². The van der Waals surface area contributed by atoms with Gasteiger partial charge in [0.05, 0.1) is 5.75 Å². The Bertz CT molecular complexity index is 1160. The maximum Gasteiger partial charge on any atom is 0.273 e. The number of H-pyrrole nitrogens is 1. The molecule has 30 heavy (non-hydrogen) atoms. The fourth-order valence-corrected chi connectivity index (χ4v) is 3.28. The van der Waals surface area contributed by atoms with Crippen LogP contribution in [0.15, 0.2) is 52.4 Å². The van der Waals surface area contributed by atoms with E-state index in [1.807, 2.05) is 32.0 Å². The van der Waals surface area contributed by atoms with Gasteiger partial charge in [-0.2, -0.15) is 0 Å². The molecule has 1 heterocycles. The summed E-state index contributed by atoms with van der Waals surface area (Å²) in [6, 6.07) is 12.6. The van der Waals surface area contributed by atoms with Gasteiger partial charge in [-0.25, -0.2) is 0 Å². The molecule has 0 saturated carbocycles. The standard InChI is InChI=1S/C21H21N5O3S/c1-12-6-4-5-7-16(12)20(29)23-17-9-8-15(10-13(17)2)22-18(27)11-30-21-24-19(28)14(3)25-26-21/h4-10H,11H2,1-3H3,(H,22,27)(H,23,29)(H,24,26,28). The highest BCUT2D eigenvalue weighted by Crippen LogP contribution is 2.21. The summed E-state index contributed by atoms with van der Waals surface area (Å²) in [4.78, 5) is 38.8. The second-order valence-corrected chi connectivity index (χ2v) is 7.64. The van der Waals surface area contributed by atoms with Gasteiger partial charge in [-0.05, 0) is 56.2 Å². The van der Waals surface area contributed by atoms with Crippen molar-refractivity contribution in [2.24, 2.45) is 0 Å². The maximum atomic E-state index is 12.5. The monoisotopic (exact) mass is 423 g/mol. The van der Waals surface area contributed by atoms with Crippen LogP contribution in [0.1, 0.15) is 27.2 Å². The van der Waals surface area contributed by atoms with E-state index in [1.54, 1.807) is 31.2 Å². The molecule has 1 aromatic heterocycles. The summed E-state index contributed by atoms with van der Waals surface area (Å²) >= 11 is 1.09. The first kappa shape index (κ1) is 21.3. The summed E-state index contributed by atoms with van der Waals surface area (Å²) in [5.74, 6) is -0.365. The zero-order valence-electron chi connectivity index (χ0n) is 16.8. The van der Waals surface area contributed by atoms with Crippen molar-refractivity contribution in [1.29, 1.82) is 0 Å². The first-order valence-corrected chi connectivity index (χ1v) is 10.2. The minimum Gasteiger partial charge on any atom is -0.325 e. The van der Waals surface area contributed by atoms with Gasteiger partial charge in [-0.1, -0.05) is 30.0 Å². The van der Waals surface area contributed by atoms with Crippen LogP contribution >= 0.6 is 11.8 Å². The summed E-state index contributed by atoms with van der Waals surface area (Å²) in [7, 11) is 0.